The third kappa shape index (κ3) is 1.86. The Morgan fingerprint density at radius 1 is 1.50 bits per heavy atom. The third-order valence-electron chi connectivity index (χ3n) is 2.52. The van der Waals surface area contributed by atoms with Gasteiger partial charge in [0.15, 0.2) is 0 Å². The molecule has 6 nitrogen and oxygen atoms in total. The first kappa shape index (κ1) is 10.5. The minimum atomic E-state index is -0.681. The average molecular weight is 219 g/mol. The first-order valence-electron chi connectivity index (χ1n) is 4.90. The summed E-state index contributed by atoms with van der Waals surface area (Å²) in [4.78, 5) is 31.5. The Kier molecular flexibility index (Phi) is 2.55. The zero-order chi connectivity index (χ0) is 11.7. The molecule has 6 heteroatoms. The van der Waals surface area contributed by atoms with Crippen LogP contribution >= 0.6 is 0 Å². The van der Waals surface area contributed by atoms with E-state index in [0.29, 0.717) is 25.2 Å². The van der Waals surface area contributed by atoms with E-state index in [-0.39, 0.29) is 11.7 Å². The Labute approximate surface area is 92.5 Å². The number of carbonyl (C=O) groups excluding carboxylic acids is 2. The van der Waals surface area contributed by atoms with Gasteiger partial charge in [0.1, 0.15) is 0 Å². The van der Waals surface area contributed by atoms with Crippen LogP contribution in [0.3, 0.4) is 0 Å². The summed E-state index contributed by atoms with van der Waals surface area (Å²) in [5, 5.41) is 0. The number of nitrogens with zero attached hydrogens (tertiary/aromatic N) is 3. The molecule has 2 amide bonds. The van der Waals surface area contributed by atoms with Crippen LogP contribution in [0, 0.1) is 6.20 Å². The summed E-state index contributed by atoms with van der Waals surface area (Å²) in [5.41, 5.74) is 6.58. The summed E-state index contributed by atoms with van der Waals surface area (Å²) in [6, 6.07) is 0. The van der Waals surface area contributed by atoms with Crippen LogP contribution < -0.4 is 5.73 Å². The van der Waals surface area contributed by atoms with Crippen LogP contribution in [0.2, 0.25) is 0 Å². The lowest BCUT2D eigenvalue weighted by molar-refractivity contribution is -0.129. The number of carbonyl (C=O) groups is 2. The SMILES string of the molecule is CC(=O)N1CCc2[c]nc(C(N)=O)nc2C1. The molecular weight excluding hydrogens is 208 g/mol. The van der Waals surface area contributed by atoms with Crippen LogP contribution in [-0.2, 0) is 17.8 Å². The highest BCUT2D eigenvalue weighted by atomic mass is 16.2. The highest BCUT2D eigenvalue weighted by molar-refractivity contribution is 5.88. The summed E-state index contributed by atoms with van der Waals surface area (Å²) >= 11 is 0. The molecule has 1 aliphatic heterocycles. The maximum atomic E-state index is 11.2. The minimum absolute atomic E-state index is 0.00936. The molecule has 0 fully saturated rings. The van der Waals surface area contributed by atoms with Crippen LogP contribution in [0.1, 0.15) is 28.8 Å². The molecule has 2 rings (SSSR count). The Bertz CT molecular complexity index is 458. The van der Waals surface area contributed by atoms with Gasteiger partial charge in [-0.1, -0.05) is 0 Å². The fraction of sp³-hybridized carbons (Fsp3) is 0.400. The van der Waals surface area contributed by atoms with Gasteiger partial charge in [-0.05, 0) is 6.42 Å². The van der Waals surface area contributed by atoms with Crippen molar-refractivity contribution in [1.82, 2.24) is 14.9 Å². The molecule has 0 unspecified atom stereocenters. The molecule has 16 heavy (non-hydrogen) atoms. The number of primary amides is 1. The smallest absolute Gasteiger partial charge is 0.286 e. The first-order chi connectivity index (χ1) is 7.58. The van der Waals surface area contributed by atoms with E-state index in [0.717, 1.165) is 5.56 Å². The molecule has 83 valence electrons. The summed E-state index contributed by atoms with van der Waals surface area (Å²) in [7, 11) is 0. The molecule has 1 radical (unpaired) electrons. The number of amides is 2. The van der Waals surface area contributed by atoms with Crippen LogP contribution in [-0.4, -0.2) is 33.2 Å². The van der Waals surface area contributed by atoms with Crippen molar-refractivity contribution in [2.24, 2.45) is 5.73 Å². The number of fused-ring (bicyclic) bond motifs is 1. The van der Waals surface area contributed by atoms with Crippen LogP contribution in [0.5, 0.6) is 0 Å². The number of nitrogens with two attached hydrogens (primary N) is 1. The van der Waals surface area contributed by atoms with E-state index in [1.165, 1.54) is 6.92 Å². The second kappa shape index (κ2) is 3.88. The fourth-order valence-electron chi connectivity index (χ4n) is 1.62. The second-order valence-corrected chi connectivity index (χ2v) is 3.64. The lowest BCUT2D eigenvalue weighted by atomic mass is 10.1. The first-order valence-corrected chi connectivity index (χ1v) is 4.90. The van der Waals surface area contributed by atoms with E-state index in [9.17, 15) is 9.59 Å². The predicted octanol–water partition coefficient (Wildman–Crippen LogP) is -0.720. The lowest BCUT2D eigenvalue weighted by Gasteiger charge is -2.26. The van der Waals surface area contributed by atoms with Gasteiger partial charge in [0.05, 0.1) is 18.4 Å². The molecule has 1 aliphatic rings. The van der Waals surface area contributed by atoms with Crippen molar-refractivity contribution in [3.05, 3.63) is 23.3 Å². The Morgan fingerprint density at radius 3 is 2.88 bits per heavy atom. The van der Waals surface area contributed by atoms with E-state index < -0.39 is 5.91 Å². The fourth-order valence-corrected chi connectivity index (χ4v) is 1.62. The number of aromatic nitrogens is 2. The summed E-state index contributed by atoms with van der Waals surface area (Å²) < 4.78 is 0. The highest BCUT2D eigenvalue weighted by Gasteiger charge is 2.21. The highest BCUT2D eigenvalue weighted by Crippen LogP contribution is 2.15. The molecule has 0 aromatic carbocycles. The number of rotatable bonds is 1. The molecule has 0 atom stereocenters. The topological polar surface area (TPSA) is 89.2 Å². The van der Waals surface area contributed by atoms with E-state index in [4.69, 9.17) is 5.73 Å². The van der Waals surface area contributed by atoms with E-state index >= 15 is 0 Å². The van der Waals surface area contributed by atoms with Gasteiger partial charge in [-0.2, -0.15) is 0 Å². The van der Waals surface area contributed by atoms with E-state index in [2.05, 4.69) is 16.2 Å². The van der Waals surface area contributed by atoms with Crippen molar-refractivity contribution in [3.8, 4) is 0 Å². The van der Waals surface area contributed by atoms with Crippen LogP contribution in [0.25, 0.3) is 0 Å². The predicted molar refractivity (Wildman–Crippen MR) is 54.2 cm³/mol. The van der Waals surface area contributed by atoms with Crippen molar-refractivity contribution in [1.29, 1.82) is 0 Å². The molecule has 2 heterocycles. The maximum absolute atomic E-state index is 11.2. The summed E-state index contributed by atoms with van der Waals surface area (Å²) in [5.74, 6) is -0.743. The monoisotopic (exact) mass is 219 g/mol. The van der Waals surface area contributed by atoms with Gasteiger partial charge in [0, 0.05) is 19.0 Å². The van der Waals surface area contributed by atoms with Gasteiger partial charge < -0.3 is 10.6 Å². The number of hydrogen-bond donors (Lipinski definition) is 1. The van der Waals surface area contributed by atoms with Gasteiger partial charge >= 0.3 is 0 Å². The van der Waals surface area contributed by atoms with Crippen molar-refractivity contribution < 1.29 is 9.59 Å². The molecule has 1 aromatic rings. The van der Waals surface area contributed by atoms with Crippen LogP contribution in [0.15, 0.2) is 0 Å². The van der Waals surface area contributed by atoms with Gasteiger partial charge in [-0.3, -0.25) is 9.59 Å². The Hall–Kier alpha value is -1.98. The standard InChI is InChI=1S/C10H11N4O2/c1-6(15)14-3-2-7-4-12-10(9(11)16)13-8(7)5-14/h2-3,5H2,1H3,(H2,11,16). The molecule has 0 saturated heterocycles. The molecule has 2 N–H and O–H groups in total. The molecule has 0 bridgehead atoms. The summed E-state index contributed by atoms with van der Waals surface area (Å²) in [6.07, 6.45) is 3.41. The number of hydrogen-bond acceptors (Lipinski definition) is 4. The van der Waals surface area contributed by atoms with Gasteiger partial charge in [-0.25, -0.2) is 9.97 Å². The molecule has 0 aliphatic carbocycles. The maximum Gasteiger partial charge on any atom is 0.286 e. The Balaban J connectivity index is 2.32. The minimum Gasteiger partial charge on any atom is -0.363 e. The second-order valence-electron chi connectivity index (χ2n) is 3.64. The van der Waals surface area contributed by atoms with Crippen molar-refractivity contribution >= 4 is 11.8 Å². The van der Waals surface area contributed by atoms with Gasteiger partial charge in [0.2, 0.25) is 11.7 Å². The normalized spacial score (nSPS) is 14.4. The zero-order valence-corrected chi connectivity index (χ0v) is 8.86. The average Bonchev–Trinajstić information content (AvgIpc) is 2.27. The van der Waals surface area contributed by atoms with Crippen LogP contribution in [0.4, 0.5) is 0 Å². The largest absolute Gasteiger partial charge is 0.363 e. The molecule has 0 spiro atoms. The van der Waals surface area contributed by atoms with E-state index in [1.54, 1.807) is 4.90 Å². The van der Waals surface area contributed by atoms with Gasteiger partial charge in [-0.15, -0.1) is 0 Å². The van der Waals surface area contributed by atoms with Gasteiger partial charge in [0.25, 0.3) is 5.91 Å². The van der Waals surface area contributed by atoms with Crippen molar-refractivity contribution in [3.63, 3.8) is 0 Å². The van der Waals surface area contributed by atoms with Crippen molar-refractivity contribution in [2.45, 2.75) is 19.9 Å². The lowest BCUT2D eigenvalue weighted by Crippen LogP contribution is -2.35. The molecule has 1 aromatic heterocycles. The zero-order valence-electron chi connectivity index (χ0n) is 8.86. The molecular formula is C10H11N4O2. The van der Waals surface area contributed by atoms with E-state index in [1.807, 2.05) is 0 Å². The molecule has 0 saturated carbocycles. The Morgan fingerprint density at radius 2 is 2.25 bits per heavy atom. The quantitative estimate of drug-likeness (QED) is 0.675. The van der Waals surface area contributed by atoms with Crippen molar-refractivity contribution in [2.75, 3.05) is 6.54 Å². The summed E-state index contributed by atoms with van der Waals surface area (Å²) in [6.45, 7) is 2.53. The third-order valence-corrected chi connectivity index (χ3v) is 2.52.